The molecule has 1 saturated heterocycles. The van der Waals surface area contributed by atoms with Crippen molar-refractivity contribution in [2.24, 2.45) is 0 Å². The third kappa shape index (κ3) is 3.54. The van der Waals surface area contributed by atoms with Gasteiger partial charge >= 0.3 is 0 Å². The van der Waals surface area contributed by atoms with E-state index in [1.165, 1.54) is 11.1 Å². The number of hydrogen-bond donors (Lipinski definition) is 1. The van der Waals surface area contributed by atoms with E-state index in [4.69, 9.17) is 0 Å². The summed E-state index contributed by atoms with van der Waals surface area (Å²) < 4.78 is 0. The number of nitrogens with zero attached hydrogens (tertiary/aromatic N) is 1. The van der Waals surface area contributed by atoms with Crippen LogP contribution in [0.25, 0.3) is 0 Å². The van der Waals surface area contributed by atoms with Gasteiger partial charge in [0, 0.05) is 18.5 Å². The van der Waals surface area contributed by atoms with Gasteiger partial charge in [-0.2, -0.15) is 0 Å². The minimum Gasteiger partial charge on any atom is -0.391 e. The third-order valence-electron chi connectivity index (χ3n) is 4.78. The number of aliphatic hydroxyl groups is 1. The van der Waals surface area contributed by atoms with Crippen LogP contribution < -0.4 is 0 Å². The summed E-state index contributed by atoms with van der Waals surface area (Å²) in [6, 6.07) is 21.2. The average molecular weight is 307 g/mol. The topological polar surface area (TPSA) is 23.5 Å². The van der Waals surface area contributed by atoms with Crippen molar-refractivity contribution in [1.82, 2.24) is 4.90 Å². The SMILES string of the molecule is C=CCN1CCCC(O)C1C(c1ccccc1)c1ccccc1. The quantitative estimate of drug-likeness (QED) is 0.849. The Hall–Kier alpha value is -1.90. The molecule has 0 spiro atoms. The summed E-state index contributed by atoms with van der Waals surface area (Å²) in [7, 11) is 0. The Morgan fingerprint density at radius 2 is 1.61 bits per heavy atom. The molecule has 0 radical (unpaired) electrons. The highest BCUT2D eigenvalue weighted by atomic mass is 16.3. The lowest BCUT2D eigenvalue weighted by Gasteiger charge is -2.43. The maximum absolute atomic E-state index is 10.8. The van der Waals surface area contributed by atoms with Crippen molar-refractivity contribution in [3.8, 4) is 0 Å². The molecule has 1 fully saturated rings. The van der Waals surface area contributed by atoms with Gasteiger partial charge in [0.2, 0.25) is 0 Å². The second kappa shape index (κ2) is 7.58. The Bertz CT molecular complexity index is 571. The van der Waals surface area contributed by atoms with Crippen LogP contribution in [0.15, 0.2) is 73.3 Å². The van der Waals surface area contributed by atoms with Crippen molar-refractivity contribution in [1.29, 1.82) is 0 Å². The molecule has 1 aliphatic heterocycles. The van der Waals surface area contributed by atoms with E-state index in [-0.39, 0.29) is 18.1 Å². The van der Waals surface area contributed by atoms with Crippen LogP contribution in [0.2, 0.25) is 0 Å². The van der Waals surface area contributed by atoms with E-state index < -0.39 is 0 Å². The van der Waals surface area contributed by atoms with Crippen molar-refractivity contribution in [2.75, 3.05) is 13.1 Å². The molecule has 2 heteroatoms. The normalized spacial score (nSPS) is 22.2. The van der Waals surface area contributed by atoms with Crippen LogP contribution in [-0.2, 0) is 0 Å². The highest BCUT2D eigenvalue weighted by molar-refractivity contribution is 5.35. The van der Waals surface area contributed by atoms with Gasteiger partial charge in [-0.15, -0.1) is 6.58 Å². The maximum Gasteiger partial charge on any atom is 0.0705 e. The van der Waals surface area contributed by atoms with Gasteiger partial charge in [0.1, 0.15) is 0 Å². The first-order valence-corrected chi connectivity index (χ1v) is 8.44. The van der Waals surface area contributed by atoms with Crippen molar-refractivity contribution in [3.05, 3.63) is 84.4 Å². The highest BCUT2D eigenvalue weighted by Crippen LogP contribution is 2.35. The first kappa shape index (κ1) is 16.0. The largest absolute Gasteiger partial charge is 0.391 e. The summed E-state index contributed by atoms with van der Waals surface area (Å²) in [5.41, 5.74) is 2.53. The molecule has 0 amide bonds. The second-order valence-corrected chi connectivity index (χ2v) is 6.28. The summed E-state index contributed by atoms with van der Waals surface area (Å²) >= 11 is 0. The van der Waals surface area contributed by atoms with Gasteiger partial charge in [-0.25, -0.2) is 0 Å². The number of hydrogen-bond acceptors (Lipinski definition) is 2. The maximum atomic E-state index is 10.8. The molecule has 1 aliphatic rings. The molecular weight excluding hydrogens is 282 g/mol. The van der Waals surface area contributed by atoms with Crippen LogP contribution >= 0.6 is 0 Å². The van der Waals surface area contributed by atoms with E-state index >= 15 is 0 Å². The molecule has 0 saturated carbocycles. The van der Waals surface area contributed by atoms with Gasteiger partial charge in [0.15, 0.2) is 0 Å². The zero-order valence-electron chi connectivity index (χ0n) is 13.5. The molecule has 120 valence electrons. The van der Waals surface area contributed by atoms with Gasteiger partial charge in [-0.05, 0) is 30.5 Å². The Morgan fingerprint density at radius 1 is 1.04 bits per heavy atom. The van der Waals surface area contributed by atoms with E-state index in [0.29, 0.717) is 0 Å². The predicted octanol–water partition coefficient (Wildman–Crippen LogP) is 3.83. The number of piperidine rings is 1. The van der Waals surface area contributed by atoms with Crippen LogP contribution in [0.4, 0.5) is 0 Å². The number of likely N-dealkylation sites (tertiary alicyclic amines) is 1. The summed E-state index contributed by atoms with van der Waals surface area (Å²) in [4.78, 5) is 2.38. The molecule has 1 N–H and O–H groups in total. The summed E-state index contributed by atoms with van der Waals surface area (Å²) in [5.74, 6) is 0.174. The molecule has 2 aromatic rings. The lowest BCUT2D eigenvalue weighted by Crippen LogP contribution is -2.51. The fourth-order valence-electron chi connectivity index (χ4n) is 3.79. The molecule has 0 bridgehead atoms. The molecular formula is C21H25NO. The van der Waals surface area contributed by atoms with Crippen LogP contribution in [0.3, 0.4) is 0 Å². The van der Waals surface area contributed by atoms with Crippen LogP contribution in [0.1, 0.15) is 29.9 Å². The first-order chi connectivity index (χ1) is 11.3. The lowest BCUT2D eigenvalue weighted by molar-refractivity contribution is 0.00920. The van der Waals surface area contributed by atoms with E-state index in [1.807, 2.05) is 18.2 Å². The molecule has 3 rings (SSSR count). The Morgan fingerprint density at radius 3 is 2.13 bits per heavy atom. The molecule has 2 nitrogen and oxygen atoms in total. The van der Waals surface area contributed by atoms with Gasteiger partial charge in [-0.3, -0.25) is 4.90 Å². The average Bonchev–Trinajstić information content (AvgIpc) is 2.60. The first-order valence-electron chi connectivity index (χ1n) is 8.44. The third-order valence-corrected chi connectivity index (χ3v) is 4.78. The van der Waals surface area contributed by atoms with Crippen LogP contribution in [0, 0.1) is 0 Å². The van der Waals surface area contributed by atoms with Gasteiger partial charge in [0.05, 0.1) is 6.10 Å². The summed E-state index contributed by atoms with van der Waals surface area (Å²) in [6.07, 6.45) is 3.54. The predicted molar refractivity (Wildman–Crippen MR) is 95.5 cm³/mol. The van der Waals surface area contributed by atoms with Crippen molar-refractivity contribution in [3.63, 3.8) is 0 Å². The lowest BCUT2D eigenvalue weighted by atomic mass is 9.79. The Labute approximate surface area is 139 Å². The van der Waals surface area contributed by atoms with E-state index in [0.717, 1.165) is 25.9 Å². The molecule has 2 unspecified atom stereocenters. The van der Waals surface area contributed by atoms with Crippen molar-refractivity contribution in [2.45, 2.75) is 30.9 Å². The summed E-state index contributed by atoms with van der Waals surface area (Å²) in [6.45, 7) is 5.73. The zero-order valence-corrected chi connectivity index (χ0v) is 13.5. The van der Waals surface area contributed by atoms with E-state index in [2.05, 4.69) is 60.0 Å². The molecule has 1 heterocycles. The van der Waals surface area contributed by atoms with Crippen molar-refractivity contribution < 1.29 is 5.11 Å². The van der Waals surface area contributed by atoms with Crippen molar-refractivity contribution >= 4 is 0 Å². The molecule has 0 aliphatic carbocycles. The van der Waals surface area contributed by atoms with E-state index in [9.17, 15) is 5.11 Å². The molecule has 23 heavy (non-hydrogen) atoms. The van der Waals surface area contributed by atoms with Gasteiger partial charge < -0.3 is 5.11 Å². The van der Waals surface area contributed by atoms with Crippen LogP contribution in [0.5, 0.6) is 0 Å². The van der Waals surface area contributed by atoms with Crippen LogP contribution in [-0.4, -0.2) is 35.2 Å². The fraction of sp³-hybridized carbons (Fsp3) is 0.333. The minimum absolute atomic E-state index is 0.0894. The molecule has 2 atom stereocenters. The summed E-state index contributed by atoms with van der Waals surface area (Å²) in [5, 5.41) is 10.8. The smallest absolute Gasteiger partial charge is 0.0705 e. The van der Waals surface area contributed by atoms with E-state index in [1.54, 1.807) is 0 Å². The Kier molecular flexibility index (Phi) is 5.27. The minimum atomic E-state index is -0.311. The van der Waals surface area contributed by atoms with Gasteiger partial charge in [-0.1, -0.05) is 66.7 Å². The highest BCUT2D eigenvalue weighted by Gasteiger charge is 2.37. The second-order valence-electron chi connectivity index (χ2n) is 6.28. The number of rotatable bonds is 5. The molecule has 0 aromatic heterocycles. The molecule has 2 aromatic carbocycles. The number of benzene rings is 2. The monoisotopic (exact) mass is 307 g/mol. The van der Waals surface area contributed by atoms with Gasteiger partial charge in [0.25, 0.3) is 0 Å². The number of aliphatic hydroxyl groups excluding tert-OH is 1. The Balaban J connectivity index is 2.04. The fourth-order valence-corrected chi connectivity index (χ4v) is 3.79. The zero-order chi connectivity index (χ0) is 16.1. The standard InChI is InChI=1S/C21H25NO/c1-2-15-22-16-9-14-19(23)21(22)20(17-10-5-3-6-11-17)18-12-7-4-8-13-18/h2-8,10-13,19-21,23H,1,9,14-16H2.